The fraction of sp³-hybridized carbons (Fsp3) is 0.0769. The number of aromatic amines is 1. The smallest absolute Gasteiger partial charge is 0.335 e. The van der Waals surface area contributed by atoms with Gasteiger partial charge in [0.2, 0.25) is 0 Å². The maximum atomic E-state index is 11.6. The Hall–Kier alpha value is -2.56. The molecular formula is C13H12N2O3. The maximum Gasteiger partial charge on any atom is 0.335 e. The van der Waals surface area contributed by atoms with Crippen molar-refractivity contribution in [1.29, 1.82) is 0 Å². The van der Waals surface area contributed by atoms with E-state index < -0.39 is 5.97 Å². The zero-order chi connectivity index (χ0) is 13.0. The Morgan fingerprint density at radius 3 is 2.44 bits per heavy atom. The van der Waals surface area contributed by atoms with Crippen LogP contribution < -0.4 is 5.32 Å². The molecule has 0 aliphatic heterocycles. The number of aromatic carboxylic acids is 1. The number of nitrogens with one attached hydrogen (secondary N) is 2. The Labute approximate surface area is 103 Å². The lowest BCUT2D eigenvalue weighted by atomic mass is 10.1. The van der Waals surface area contributed by atoms with Crippen LogP contribution in [0, 0.1) is 0 Å². The molecule has 0 saturated heterocycles. The number of hydrogen-bond donors (Lipinski definition) is 3. The fourth-order valence-corrected chi connectivity index (χ4v) is 1.51. The Kier molecular flexibility index (Phi) is 3.43. The highest BCUT2D eigenvalue weighted by molar-refractivity contribution is 5.92. The van der Waals surface area contributed by atoms with Gasteiger partial charge in [-0.05, 0) is 29.8 Å². The minimum atomic E-state index is -0.961. The van der Waals surface area contributed by atoms with E-state index in [0.717, 1.165) is 5.56 Å². The normalized spacial score (nSPS) is 10.0. The molecule has 0 radical (unpaired) electrons. The molecule has 0 atom stereocenters. The van der Waals surface area contributed by atoms with Crippen LogP contribution in [0.25, 0.3) is 0 Å². The van der Waals surface area contributed by atoms with E-state index in [1.54, 1.807) is 30.5 Å². The second-order valence-electron chi connectivity index (χ2n) is 3.77. The first-order valence-corrected chi connectivity index (χ1v) is 5.40. The van der Waals surface area contributed by atoms with Gasteiger partial charge in [-0.1, -0.05) is 12.1 Å². The molecule has 0 unspecified atom stereocenters. The molecule has 2 rings (SSSR count). The number of aromatic nitrogens is 1. The summed E-state index contributed by atoms with van der Waals surface area (Å²) in [4.78, 5) is 25.1. The molecule has 2 aromatic rings. The topological polar surface area (TPSA) is 82.2 Å². The van der Waals surface area contributed by atoms with E-state index >= 15 is 0 Å². The molecule has 0 aliphatic rings. The highest BCUT2D eigenvalue weighted by Gasteiger charge is 2.06. The molecule has 5 heteroatoms. The molecule has 0 saturated carbocycles. The number of carboxylic acids is 1. The van der Waals surface area contributed by atoms with Crippen LogP contribution in [0.15, 0.2) is 42.6 Å². The van der Waals surface area contributed by atoms with Crippen molar-refractivity contribution >= 4 is 11.9 Å². The Morgan fingerprint density at radius 2 is 1.89 bits per heavy atom. The van der Waals surface area contributed by atoms with Crippen molar-refractivity contribution in [3.05, 3.63) is 59.4 Å². The number of carboxylic acid groups (broad SMARTS) is 1. The summed E-state index contributed by atoms with van der Waals surface area (Å²) in [5, 5.41) is 11.5. The number of H-pyrrole nitrogens is 1. The number of carbonyl (C=O) groups is 2. The summed E-state index contributed by atoms with van der Waals surface area (Å²) < 4.78 is 0. The number of amides is 1. The van der Waals surface area contributed by atoms with Crippen LogP contribution in [0.1, 0.15) is 26.4 Å². The third kappa shape index (κ3) is 2.76. The largest absolute Gasteiger partial charge is 0.478 e. The standard InChI is InChI=1S/C13H12N2O3/c16-12(11-2-1-7-14-11)15-8-9-3-5-10(6-4-9)13(17)18/h1-7,14H,8H2,(H,15,16)(H,17,18). The minimum Gasteiger partial charge on any atom is -0.478 e. The van der Waals surface area contributed by atoms with Crippen molar-refractivity contribution in [3.8, 4) is 0 Å². The van der Waals surface area contributed by atoms with Crippen molar-refractivity contribution in [3.63, 3.8) is 0 Å². The quantitative estimate of drug-likeness (QED) is 0.764. The molecule has 0 fully saturated rings. The Bertz CT molecular complexity index is 544. The van der Waals surface area contributed by atoms with E-state index in [-0.39, 0.29) is 11.5 Å². The molecule has 0 aliphatic carbocycles. The summed E-state index contributed by atoms with van der Waals surface area (Å²) in [5.74, 6) is -1.15. The van der Waals surface area contributed by atoms with Gasteiger partial charge < -0.3 is 15.4 Å². The zero-order valence-electron chi connectivity index (χ0n) is 9.51. The van der Waals surface area contributed by atoms with Gasteiger partial charge in [0.1, 0.15) is 5.69 Å². The molecule has 92 valence electrons. The van der Waals surface area contributed by atoms with Crippen molar-refractivity contribution in [1.82, 2.24) is 10.3 Å². The van der Waals surface area contributed by atoms with Crippen LogP contribution in [0.3, 0.4) is 0 Å². The van der Waals surface area contributed by atoms with Crippen LogP contribution in [-0.2, 0) is 6.54 Å². The number of hydrogen-bond acceptors (Lipinski definition) is 2. The van der Waals surface area contributed by atoms with Crippen molar-refractivity contribution in [2.24, 2.45) is 0 Å². The molecule has 5 nitrogen and oxygen atoms in total. The summed E-state index contributed by atoms with van der Waals surface area (Å²) in [6.45, 7) is 0.359. The average molecular weight is 244 g/mol. The number of rotatable bonds is 4. The molecule has 1 aromatic heterocycles. The van der Waals surface area contributed by atoms with E-state index in [4.69, 9.17) is 5.11 Å². The summed E-state index contributed by atoms with van der Waals surface area (Å²) in [5.41, 5.74) is 1.58. The van der Waals surface area contributed by atoms with Crippen LogP contribution in [0.5, 0.6) is 0 Å². The van der Waals surface area contributed by atoms with E-state index in [0.29, 0.717) is 12.2 Å². The van der Waals surface area contributed by atoms with E-state index in [1.807, 2.05) is 0 Å². The third-order valence-corrected chi connectivity index (χ3v) is 2.50. The highest BCUT2D eigenvalue weighted by atomic mass is 16.4. The van der Waals surface area contributed by atoms with Gasteiger partial charge in [0.15, 0.2) is 0 Å². The first-order valence-electron chi connectivity index (χ1n) is 5.40. The van der Waals surface area contributed by atoms with E-state index in [1.165, 1.54) is 12.1 Å². The van der Waals surface area contributed by atoms with Crippen LogP contribution >= 0.6 is 0 Å². The Balaban J connectivity index is 1.94. The molecule has 0 bridgehead atoms. The molecule has 0 spiro atoms. The first-order chi connectivity index (χ1) is 8.66. The molecular weight excluding hydrogens is 232 g/mol. The van der Waals surface area contributed by atoms with Crippen LogP contribution in [-0.4, -0.2) is 22.0 Å². The summed E-state index contributed by atoms with van der Waals surface area (Å²) in [6.07, 6.45) is 1.68. The molecule has 1 amide bonds. The van der Waals surface area contributed by atoms with Gasteiger partial charge in [0.25, 0.3) is 5.91 Å². The monoisotopic (exact) mass is 244 g/mol. The van der Waals surface area contributed by atoms with Crippen LogP contribution in [0.4, 0.5) is 0 Å². The lowest BCUT2D eigenvalue weighted by Crippen LogP contribution is -2.23. The lowest BCUT2D eigenvalue weighted by molar-refractivity contribution is 0.0696. The average Bonchev–Trinajstić information content (AvgIpc) is 2.90. The molecule has 1 aromatic carbocycles. The van der Waals surface area contributed by atoms with Crippen molar-refractivity contribution in [2.75, 3.05) is 0 Å². The summed E-state index contributed by atoms with van der Waals surface area (Å²) in [7, 11) is 0. The van der Waals surface area contributed by atoms with Crippen molar-refractivity contribution in [2.45, 2.75) is 6.54 Å². The lowest BCUT2D eigenvalue weighted by Gasteiger charge is -2.04. The fourth-order valence-electron chi connectivity index (χ4n) is 1.51. The SMILES string of the molecule is O=C(O)c1ccc(CNC(=O)c2ccc[nH]2)cc1. The van der Waals surface area contributed by atoms with E-state index in [2.05, 4.69) is 10.3 Å². The molecule has 1 heterocycles. The van der Waals surface area contributed by atoms with Gasteiger partial charge in [0, 0.05) is 12.7 Å². The highest BCUT2D eigenvalue weighted by Crippen LogP contribution is 2.04. The second-order valence-corrected chi connectivity index (χ2v) is 3.77. The third-order valence-electron chi connectivity index (χ3n) is 2.50. The predicted molar refractivity (Wildman–Crippen MR) is 65.4 cm³/mol. The van der Waals surface area contributed by atoms with E-state index in [9.17, 15) is 9.59 Å². The molecule has 3 N–H and O–H groups in total. The van der Waals surface area contributed by atoms with Crippen molar-refractivity contribution < 1.29 is 14.7 Å². The van der Waals surface area contributed by atoms with Gasteiger partial charge in [-0.2, -0.15) is 0 Å². The number of carbonyl (C=O) groups excluding carboxylic acids is 1. The summed E-state index contributed by atoms with van der Waals surface area (Å²) >= 11 is 0. The molecule has 18 heavy (non-hydrogen) atoms. The second kappa shape index (κ2) is 5.18. The Morgan fingerprint density at radius 1 is 1.17 bits per heavy atom. The van der Waals surface area contributed by atoms with Crippen LogP contribution in [0.2, 0.25) is 0 Å². The first kappa shape index (κ1) is 11.9. The van der Waals surface area contributed by atoms with Gasteiger partial charge in [0.05, 0.1) is 5.56 Å². The van der Waals surface area contributed by atoms with Gasteiger partial charge in [-0.15, -0.1) is 0 Å². The zero-order valence-corrected chi connectivity index (χ0v) is 9.51. The van der Waals surface area contributed by atoms with Gasteiger partial charge >= 0.3 is 5.97 Å². The van der Waals surface area contributed by atoms with Gasteiger partial charge in [-0.25, -0.2) is 4.79 Å². The summed E-state index contributed by atoms with van der Waals surface area (Å²) in [6, 6.07) is 9.81. The minimum absolute atomic E-state index is 0.192. The number of benzene rings is 1. The predicted octanol–water partition coefficient (Wildman–Crippen LogP) is 1.64. The maximum absolute atomic E-state index is 11.6. The van der Waals surface area contributed by atoms with Gasteiger partial charge in [-0.3, -0.25) is 4.79 Å².